The first-order valence-electron chi connectivity index (χ1n) is 8.14. The van der Waals surface area contributed by atoms with Crippen LogP contribution in [0.25, 0.3) is 0 Å². The third-order valence-electron chi connectivity index (χ3n) is 4.64. The van der Waals surface area contributed by atoms with Gasteiger partial charge in [-0.1, -0.05) is 29.3 Å². The van der Waals surface area contributed by atoms with Crippen LogP contribution in [0.4, 0.5) is 0 Å². The van der Waals surface area contributed by atoms with Crippen molar-refractivity contribution in [3.8, 4) is 0 Å². The molecule has 1 saturated heterocycles. The minimum absolute atomic E-state index is 0.151. The number of ether oxygens (including phenoxy) is 1. The van der Waals surface area contributed by atoms with Crippen molar-refractivity contribution >= 4 is 0 Å². The van der Waals surface area contributed by atoms with E-state index < -0.39 is 0 Å². The van der Waals surface area contributed by atoms with Crippen LogP contribution in [0, 0.1) is 19.3 Å². The van der Waals surface area contributed by atoms with Crippen molar-refractivity contribution in [1.82, 2.24) is 5.32 Å². The fraction of sp³-hybridized carbons (Fsp3) is 0.684. The minimum Gasteiger partial charge on any atom is -0.378 e. The van der Waals surface area contributed by atoms with Gasteiger partial charge in [-0.3, -0.25) is 0 Å². The molecule has 1 N–H and O–H groups in total. The minimum atomic E-state index is 0.151. The second-order valence-corrected chi connectivity index (χ2v) is 7.90. The van der Waals surface area contributed by atoms with E-state index in [1.807, 2.05) is 0 Å². The molecule has 2 unspecified atom stereocenters. The predicted octanol–water partition coefficient (Wildman–Crippen LogP) is 4.03. The maximum Gasteiger partial charge on any atom is 0.0619 e. The van der Waals surface area contributed by atoms with Gasteiger partial charge in [-0.2, -0.15) is 0 Å². The van der Waals surface area contributed by atoms with Gasteiger partial charge in [0, 0.05) is 24.1 Å². The summed E-state index contributed by atoms with van der Waals surface area (Å²) in [6, 6.07) is 6.91. The van der Waals surface area contributed by atoms with Crippen molar-refractivity contribution in [3.05, 3.63) is 34.9 Å². The summed E-state index contributed by atoms with van der Waals surface area (Å²) in [5, 5.41) is 3.70. The highest BCUT2D eigenvalue weighted by Gasteiger charge is 2.41. The molecule has 2 nitrogen and oxygen atoms in total. The SMILES string of the molecule is Cc1cc(C)cc(CC2(CNC(C)(C)C)CCOC2C)c1. The Morgan fingerprint density at radius 1 is 1.19 bits per heavy atom. The molecular weight excluding hydrogens is 258 g/mol. The van der Waals surface area contributed by atoms with Crippen LogP contribution in [-0.2, 0) is 11.2 Å². The molecule has 1 aromatic rings. The Kier molecular flexibility index (Phi) is 4.79. The molecule has 0 aliphatic carbocycles. The lowest BCUT2D eigenvalue weighted by Gasteiger charge is -2.36. The summed E-state index contributed by atoms with van der Waals surface area (Å²) >= 11 is 0. The smallest absolute Gasteiger partial charge is 0.0619 e. The lowest BCUT2D eigenvalue weighted by atomic mass is 9.75. The van der Waals surface area contributed by atoms with Crippen LogP contribution < -0.4 is 5.32 Å². The van der Waals surface area contributed by atoms with Crippen LogP contribution in [0.5, 0.6) is 0 Å². The molecule has 2 rings (SSSR count). The van der Waals surface area contributed by atoms with E-state index >= 15 is 0 Å². The molecule has 1 heterocycles. The van der Waals surface area contributed by atoms with Gasteiger partial charge in [-0.05, 0) is 59.9 Å². The Morgan fingerprint density at radius 3 is 2.29 bits per heavy atom. The third-order valence-corrected chi connectivity index (χ3v) is 4.64. The molecule has 21 heavy (non-hydrogen) atoms. The van der Waals surface area contributed by atoms with Gasteiger partial charge in [0.1, 0.15) is 0 Å². The zero-order valence-corrected chi connectivity index (χ0v) is 14.5. The molecule has 0 amide bonds. The molecule has 1 aliphatic rings. The van der Waals surface area contributed by atoms with E-state index in [1.165, 1.54) is 16.7 Å². The zero-order chi connectivity index (χ0) is 15.7. The van der Waals surface area contributed by atoms with E-state index in [0.29, 0.717) is 6.10 Å². The van der Waals surface area contributed by atoms with Gasteiger partial charge in [0.05, 0.1) is 6.10 Å². The molecule has 0 aromatic heterocycles. The lowest BCUT2D eigenvalue weighted by Crippen LogP contribution is -2.47. The zero-order valence-electron chi connectivity index (χ0n) is 14.5. The Morgan fingerprint density at radius 2 is 1.81 bits per heavy atom. The highest BCUT2D eigenvalue weighted by Crippen LogP contribution is 2.38. The number of aryl methyl sites for hydroxylation is 2. The van der Waals surface area contributed by atoms with E-state index in [1.54, 1.807) is 0 Å². The van der Waals surface area contributed by atoms with Gasteiger partial charge in [0.2, 0.25) is 0 Å². The van der Waals surface area contributed by atoms with E-state index in [-0.39, 0.29) is 11.0 Å². The summed E-state index contributed by atoms with van der Waals surface area (Å²) < 4.78 is 5.93. The number of hydrogen-bond acceptors (Lipinski definition) is 2. The fourth-order valence-electron chi connectivity index (χ4n) is 3.36. The molecular formula is C19H31NO. The average Bonchev–Trinajstić information content (AvgIpc) is 2.67. The van der Waals surface area contributed by atoms with Crippen LogP contribution in [0.3, 0.4) is 0 Å². The van der Waals surface area contributed by atoms with E-state index in [0.717, 1.165) is 26.0 Å². The van der Waals surface area contributed by atoms with Gasteiger partial charge in [-0.25, -0.2) is 0 Å². The van der Waals surface area contributed by atoms with E-state index in [4.69, 9.17) is 4.74 Å². The fourth-order valence-corrected chi connectivity index (χ4v) is 3.36. The highest BCUT2D eigenvalue weighted by molar-refractivity contribution is 5.29. The number of hydrogen-bond donors (Lipinski definition) is 1. The van der Waals surface area contributed by atoms with Gasteiger partial charge < -0.3 is 10.1 Å². The number of nitrogens with one attached hydrogen (secondary N) is 1. The van der Waals surface area contributed by atoms with Crippen molar-refractivity contribution in [2.75, 3.05) is 13.2 Å². The second kappa shape index (κ2) is 6.10. The van der Waals surface area contributed by atoms with Crippen LogP contribution >= 0.6 is 0 Å². The van der Waals surface area contributed by atoms with Crippen LogP contribution in [0.15, 0.2) is 18.2 Å². The quantitative estimate of drug-likeness (QED) is 0.903. The summed E-state index contributed by atoms with van der Waals surface area (Å²) in [5.41, 5.74) is 4.53. The first-order valence-corrected chi connectivity index (χ1v) is 8.14. The first-order chi connectivity index (χ1) is 9.70. The summed E-state index contributed by atoms with van der Waals surface area (Å²) in [6.07, 6.45) is 2.55. The van der Waals surface area contributed by atoms with Crippen LogP contribution in [0.2, 0.25) is 0 Å². The van der Waals surface area contributed by atoms with Crippen molar-refractivity contribution in [1.29, 1.82) is 0 Å². The topological polar surface area (TPSA) is 21.3 Å². The summed E-state index contributed by atoms with van der Waals surface area (Å²) in [5.74, 6) is 0. The standard InChI is InChI=1S/C19H31NO/c1-14-9-15(2)11-17(10-14)12-19(7-8-21-16(19)3)13-20-18(4,5)6/h9-11,16,20H,7-8,12-13H2,1-6H3. The Hall–Kier alpha value is -0.860. The summed E-state index contributed by atoms with van der Waals surface area (Å²) in [4.78, 5) is 0. The molecule has 2 heteroatoms. The van der Waals surface area contributed by atoms with Crippen LogP contribution in [0.1, 0.15) is 50.8 Å². The van der Waals surface area contributed by atoms with Gasteiger partial charge in [0.25, 0.3) is 0 Å². The molecule has 0 radical (unpaired) electrons. The number of rotatable bonds is 4. The molecule has 1 aliphatic heterocycles. The maximum absolute atomic E-state index is 5.93. The summed E-state index contributed by atoms with van der Waals surface area (Å²) in [6.45, 7) is 15.2. The third kappa shape index (κ3) is 4.31. The second-order valence-electron chi connectivity index (χ2n) is 7.90. The average molecular weight is 289 g/mol. The predicted molar refractivity (Wildman–Crippen MR) is 89.8 cm³/mol. The number of benzene rings is 1. The summed E-state index contributed by atoms with van der Waals surface area (Å²) in [7, 11) is 0. The van der Waals surface area contributed by atoms with Gasteiger partial charge in [0.15, 0.2) is 0 Å². The highest BCUT2D eigenvalue weighted by atomic mass is 16.5. The van der Waals surface area contributed by atoms with Crippen molar-refractivity contribution in [2.24, 2.45) is 5.41 Å². The Labute approximate surface area is 130 Å². The largest absolute Gasteiger partial charge is 0.378 e. The molecule has 0 saturated carbocycles. The molecule has 0 bridgehead atoms. The van der Waals surface area contributed by atoms with Gasteiger partial charge >= 0.3 is 0 Å². The maximum atomic E-state index is 5.93. The van der Waals surface area contributed by atoms with Crippen molar-refractivity contribution < 1.29 is 4.74 Å². The van der Waals surface area contributed by atoms with E-state index in [9.17, 15) is 0 Å². The van der Waals surface area contributed by atoms with Gasteiger partial charge in [-0.15, -0.1) is 0 Å². The van der Waals surface area contributed by atoms with Crippen molar-refractivity contribution in [3.63, 3.8) is 0 Å². The normalized spacial score (nSPS) is 26.3. The lowest BCUT2D eigenvalue weighted by molar-refractivity contribution is 0.0597. The Balaban J connectivity index is 2.20. The van der Waals surface area contributed by atoms with Crippen molar-refractivity contribution in [2.45, 2.75) is 66.0 Å². The Bertz CT molecular complexity index is 469. The molecule has 0 spiro atoms. The van der Waals surface area contributed by atoms with E-state index in [2.05, 4.69) is 65.1 Å². The molecule has 1 aromatic carbocycles. The van der Waals surface area contributed by atoms with Crippen LogP contribution in [-0.4, -0.2) is 24.8 Å². The molecule has 1 fully saturated rings. The monoisotopic (exact) mass is 289 g/mol. The first kappa shape index (κ1) is 16.5. The molecule has 118 valence electrons. The molecule has 2 atom stereocenters.